The molecule has 2 rings (SSSR count). The number of aryl methyl sites for hydroxylation is 1. The number of rotatable bonds is 4. The van der Waals surface area contributed by atoms with Gasteiger partial charge in [-0.3, -0.25) is 0 Å². The van der Waals surface area contributed by atoms with E-state index in [1.807, 2.05) is 0 Å². The Morgan fingerprint density at radius 2 is 1.84 bits per heavy atom. The highest BCUT2D eigenvalue weighted by Crippen LogP contribution is 2.38. The van der Waals surface area contributed by atoms with E-state index in [2.05, 4.69) is 14.2 Å². The Bertz CT molecular complexity index is 920. The molecule has 0 fully saturated rings. The summed E-state index contributed by atoms with van der Waals surface area (Å²) in [7, 11) is -5.98. The van der Waals surface area contributed by atoms with Crippen LogP contribution in [-0.2, 0) is 16.5 Å². The van der Waals surface area contributed by atoms with Crippen LogP contribution in [0.1, 0.15) is 12.6 Å². The molecule has 5 nitrogen and oxygen atoms in total. The standard InChI is InChI=1S/C13H8Cl2F4N2O3S/c1-2-9-11(15)12(21-5-20-9)6-3-10(7(14)4-8(6)16)24-25(22,23)13(17,18)19/h3-5H,2H2,1H3. The van der Waals surface area contributed by atoms with Gasteiger partial charge in [-0.2, -0.15) is 21.6 Å². The maximum absolute atomic E-state index is 14.2. The summed E-state index contributed by atoms with van der Waals surface area (Å²) in [4.78, 5) is 7.66. The van der Waals surface area contributed by atoms with Gasteiger partial charge in [0, 0.05) is 5.56 Å². The fraction of sp³-hybridized carbons (Fsp3) is 0.231. The summed E-state index contributed by atoms with van der Waals surface area (Å²) in [6.07, 6.45) is 1.47. The van der Waals surface area contributed by atoms with Gasteiger partial charge < -0.3 is 4.18 Å². The third-order valence-electron chi connectivity index (χ3n) is 2.96. The number of hydrogen-bond donors (Lipinski definition) is 0. The Labute approximate surface area is 149 Å². The van der Waals surface area contributed by atoms with E-state index in [-0.39, 0.29) is 16.3 Å². The summed E-state index contributed by atoms with van der Waals surface area (Å²) < 4.78 is 77.7. The van der Waals surface area contributed by atoms with Crippen LogP contribution in [0, 0.1) is 5.82 Å². The Hall–Kier alpha value is -1.65. The Morgan fingerprint density at radius 1 is 1.20 bits per heavy atom. The highest BCUT2D eigenvalue weighted by molar-refractivity contribution is 7.88. The summed E-state index contributed by atoms with van der Waals surface area (Å²) in [5, 5.41) is -0.703. The minimum atomic E-state index is -5.98. The van der Waals surface area contributed by atoms with E-state index in [1.165, 1.54) is 0 Å². The number of nitrogens with zero attached hydrogens (tertiary/aromatic N) is 2. The number of alkyl halides is 3. The van der Waals surface area contributed by atoms with E-state index in [4.69, 9.17) is 23.2 Å². The zero-order valence-electron chi connectivity index (χ0n) is 12.2. The zero-order chi connectivity index (χ0) is 19.0. The molecule has 0 saturated heterocycles. The van der Waals surface area contributed by atoms with Crippen LogP contribution in [-0.4, -0.2) is 23.9 Å². The maximum Gasteiger partial charge on any atom is 0.534 e. The molecule has 1 heterocycles. The molecule has 0 aliphatic rings. The lowest BCUT2D eigenvalue weighted by Crippen LogP contribution is -2.28. The van der Waals surface area contributed by atoms with Gasteiger partial charge in [0.1, 0.15) is 12.1 Å². The average molecular weight is 419 g/mol. The topological polar surface area (TPSA) is 69.2 Å². The molecule has 136 valence electrons. The fourth-order valence-electron chi connectivity index (χ4n) is 1.78. The molecule has 1 aromatic carbocycles. The third-order valence-corrected chi connectivity index (χ3v) is 4.61. The van der Waals surface area contributed by atoms with E-state index >= 15 is 0 Å². The Morgan fingerprint density at radius 3 is 2.40 bits per heavy atom. The zero-order valence-corrected chi connectivity index (χ0v) is 14.6. The van der Waals surface area contributed by atoms with Crippen LogP contribution in [0.3, 0.4) is 0 Å². The molecule has 0 saturated carbocycles. The van der Waals surface area contributed by atoms with Crippen molar-refractivity contribution in [3.05, 3.63) is 40.0 Å². The summed E-state index contributed by atoms with van der Waals surface area (Å²) in [6, 6.07) is 1.27. The van der Waals surface area contributed by atoms with E-state index in [9.17, 15) is 26.0 Å². The smallest absolute Gasteiger partial charge is 0.374 e. The average Bonchev–Trinajstić information content (AvgIpc) is 2.49. The van der Waals surface area contributed by atoms with Crippen molar-refractivity contribution in [2.45, 2.75) is 18.9 Å². The van der Waals surface area contributed by atoms with Crippen molar-refractivity contribution in [3.63, 3.8) is 0 Å². The van der Waals surface area contributed by atoms with Gasteiger partial charge in [0.05, 0.1) is 21.4 Å². The first-order valence-corrected chi connectivity index (χ1v) is 8.64. The van der Waals surface area contributed by atoms with Crippen molar-refractivity contribution in [1.29, 1.82) is 0 Å². The van der Waals surface area contributed by atoms with Crippen molar-refractivity contribution < 1.29 is 30.2 Å². The first-order chi connectivity index (χ1) is 11.5. The molecule has 0 spiro atoms. The summed E-state index contributed by atoms with van der Waals surface area (Å²) >= 11 is 11.6. The molecule has 0 aliphatic heterocycles. The van der Waals surface area contributed by atoms with Crippen molar-refractivity contribution in [1.82, 2.24) is 9.97 Å². The molecule has 0 atom stereocenters. The number of hydrogen-bond acceptors (Lipinski definition) is 5. The van der Waals surface area contributed by atoms with Crippen molar-refractivity contribution in [3.8, 4) is 17.0 Å². The van der Waals surface area contributed by atoms with Gasteiger partial charge in [-0.05, 0) is 18.6 Å². The summed E-state index contributed by atoms with van der Waals surface area (Å²) in [5.41, 5.74) is -5.84. The second-order valence-corrected chi connectivity index (χ2v) is 6.91. The molecule has 0 amide bonds. The van der Waals surface area contributed by atoms with E-state index in [0.717, 1.165) is 6.33 Å². The van der Waals surface area contributed by atoms with Crippen molar-refractivity contribution in [2.24, 2.45) is 0 Å². The molecule has 0 aliphatic carbocycles. The van der Waals surface area contributed by atoms with Crippen LogP contribution in [0.2, 0.25) is 10.0 Å². The molecule has 12 heteroatoms. The van der Waals surface area contributed by atoms with E-state index in [0.29, 0.717) is 24.2 Å². The fourth-order valence-corrected chi connectivity index (χ4v) is 2.82. The van der Waals surface area contributed by atoms with Gasteiger partial charge >= 0.3 is 15.6 Å². The lowest BCUT2D eigenvalue weighted by Gasteiger charge is -2.13. The van der Waals surface area contributed by atoms with Crippen LogP contribution in [0.15, 0.2) is 18.5 Å². The first kappa shape index (κ1) is 19.7. The molecule has 25 heavy (non-hydrogen) atoms. The number of halogens is 6. The van der Waals surface area contributed by atoms with Gasteiger partial charge in [0.15, 0.2) is 5.75 Å². The second-order valence-electron chi connectivity index (χ2n) is 4.58. The van der Waals surface area contributed by atoms with Crippen LogP contribution in [0.4, 0.5) is 17.6 Å². The van der Waals surface area contributed by atoms with E-state index in [1.54, 1.807) is 6.92 Å². The molecule has 0 N–H and O–H groups in total. The molecule has 1 aromatic heterocycles. The lowest BCUT2D eigenvalue weighted by atomic mass is 10.1. The Kier molecular flexibility index (Phi) is 5.45. The number of aromatic nitrogens is 2. The van der Waals surface area contributed by atoms with Crippen molar-refractivity contribution in [2.75, 3.05) is 0 Å². The van der Waals surface area contributed by atoms with Gasteiger partial charge in [-0.25, -0.2) is 14.4 Å². The number of benzene rings is 1. The van der Waals surface area contributed by atoms with E-state index < -0.39 is 32.2 Å². The normalized spacial score (nSPS) is 12.3. The SMILES string of the molecule is CCc1ncnc(-c2cc(OS(=O)(=O)C(F)(F)F)c(Cl)cc2F)c1Cl. The predicted molar refractivity (Wildman–Crippen MR) is 82.4 cm³/mol. The second kappa shape index (κ2) is 6.93. The molecule has 0 unspecified atom stereocenters. The third kappa shape index (κ3) is 3.96. The highest BCUT2D eigenvalue weighted by Gasteiger charge is 2.48. The molecule has 0 radical (unpaired) electrons. The van der Waals surface area contributed by atoms with Crippen molar-refractivity contribution >= 4 is 33.3 Å². The molecular formula is C13H8Cl2F4N2O3S. The van der Waals surface area contributed by atoms with Crippen LogP contribution >= 0.6 is 23.2 Å². The van der Waals surface area contributed by atoms with Gasteiger partial charge in [-0.15, -0.1) is 0 Å². The molecular weight excluding hydrogens is 411 g/mol. The molecule has 0 bridgehead atoms. The van der Waals surface area contributed by atoms with Crippen LogP contribution in [0.25, 0.3) is 11.3 Å². The monoisotopic (exact) mass is 418 g/mol. The minimum Gasteiger partial charge on any atom is -0.374 e. The van der Waals surface area contributed by atoms with Crippen LogP contribution in [0.5, 0.6) is 5.75 Å². The van der Waals surface area contributed by atoms with Crippen LogP contribution < -0.4 is 4.18 Å². The summed E-state index contributed by atoms with van der Waals surface area (Å²) in [5.74, 6) is -1.90. The highest BCUT2D eigenvalue weighted by atomic mass is 35.5. The largest absolute Gasteiger partial charge is 0.534 e. The Balaban J connectivity index is 2.60. The quantitative estimate of drug-likeness (QED) is 0.418. The van der Waals surface area contributed by atoms with Gasteiger partial charge in [0.25, 0.3) is 0 Å². The minimum absolute atomic E-state index is 0.0316. The van der Waals surface area contributed by atoms with Gasteiger partial charge in [-0.1, -0.05) is 30.1 Å². The maximum atomic E-state index is 14.2. The lowest BCUT2D eigenvalue weighted by molar-refractivity contribution is -0.0500. The summed E-state index contributed by atoms with van der Waals surface area (Å²) in [6.45, 7) is 1.72. The first-order valence-electron chi connectivity index (χ1n) is 6.47. The molecule has 2 aromatic rings. The predicted octanol–water partition coefficient (Wildman–Crippen LogP) is 4.38. The van der Waals surface area contributed by atoms with Gasteiger partial charge in [0.2, 0.25) is 0 Å².